The lowest BCUT2D eigenvalue weighted by molar-refractivity contribution is 0.206. The minimum atomic E-state index is -4.17. The van der Waals surface area contributed by atoms with Gasteiger partial charge in [-0.2, -0.15) is 0 Å². The molecule has 0 aliphatic carbocycles. The van der Waals surface area contributed by atoms with Crippen molar-refractivity contribution in [3.8, 4) is 11.1 Å². The van der Waals surface area contributed by atoms with Gasteiger partial charge in [0.2, 0.25) is 0 Å². The van der Waals surface area contributed by atoms with Crippen LogP contribution < -0.4 is 0 Å². The second-order valence-corrected chi connectivity index (χ2v) is 6.72. The molecule has 0 bridgehead atoms. The Kier molecular flexibility index (Phi) is 20.3. The van der Waals surface area contributed by atoms with Gasteiger partial charge in [-0.15, -0.1) is 6.58 Å². The normalized spacial score (nSPS) is 9.50. The molecule has 0 radical (unpaired) electrons. The van der Waals surface area contributed by atoms with Gasteiger partial charge in [0.25, 0.3) is 0 Å². The highest BCUT2D eigenvalue weighted by Gasteiger charge is 2.10. The maximum Gasteiger partial charge on any atom is 0.469 e. The molecule has 158 valence electrons. The molecule has 0 aromatic heterocycles. The van der Waals surface area contributed by atoms with Crippen molar-refractivity contribution in [3.05, 3.63) is 73.3 Å². The zero-order chi connectivity index (χ0) is 21.7. The van der Waals surface area contributed by atoms with Crippen LogP contribution in [0.4, 0.5) is 0 Å². The van der Waals surface area contributed by atoms with Crippen LogP contribution in [0.1, 0.15) is 40.0 Å². The maximum absolute atomic E-state index is 9.70. The first-order valence-electron chi connectivity index (χ1n) is 9.34. The zero-order valence-corrected chi connectivity index (χ0v) is 18.1. The monoisotopic (exact) mass is 410 g/mol. The van der Waals surface area contributed by atoms with E-state index >= 15 is 0 Å². The molecule has 28 heavy (non-hydrogen) atoms. The van der Waals surface area contributed by atoms with Gasteiger partial charge in [0.1, 0.15) is 0 Å². The molecule has 0 aliphatic heterocycles. The number of allylic oxidation sites excluding steroid dienone is 1. The lowest BCUT2D eigenvalue weighted by atomic mass is 10.1. The predicted molar refractivity (Wildman–Crippen MR) is 118 cm³/mol. The van der Waals surface area contributed by atoms with Crippen LogP contribution in [0.2, 0.25) is 0 Å². The highest BCUT2D eigenvalue weighted by atomic mass is 31.2. The minimum absolute atomic E-state index is 0.0459. The van der Waals surface area contributed by atoms with Crippen LogP contribution in [0.5, 0.6) is 0 Å². The summed E-state index contributed by atoms with van der Waals surface area (Å²) in [6.45, 7) is 9.28. The first-order chi connectivity index (χ1) is 13.4. The molecule has 2 aromatic carbocycles. The van der Waals surface area contributed by atoms with E-state index in [-0.39, 0.29) is 6.61 Å². The Bertz CT molecular complexity index is 570. The molecule has 3 N–H and O–H groups in total. The van der Waals surface area contributed by atoms with Gasteiger partial charge in [-0.3, -0.25) is 4.52 Å². The molecular formula is C22H35O5P. The van der Waals surface area contributed by atoms with Crippen LogP contribution in [-0.4, -0.2) is 28.1 Å². The van der Waals surface area contributed by atoms with E-state index in [1.54, 1.807) is 6.08 Å². The van der Waals surface area contributed by atoms with Gasteiger partial charge in [-0.1, -0.05) is 86.5 Å². The number of aliphatic hydroxyl groups excluding tert-OH is 1. The van der Waals surface area contributed by atoms with E-state index in [0.29, 0.717) is 6.61 Å². The summed E-state index contributed by atoms with van der Waals surface area (Å²) >= 11 is 0. The van der Waals surface area contributed by atoms with Crippen molar-refractivity contribution in [1.82, 2.24) is 0 Å². The standard InChI is InChI=1S/C12H10.C5H12O.C3H6.C2H7O4P/c1-3-7-11(8-4-1)12-9-5-2-6-10-12;1-2-3-4-5-6;1-3-2;1-2-6-7(3,4)5/h1-10H;6H,2-5H2,1H3;3H,1H2,2H3;2H2,1H3,(H2,3,4,5). The Balaban J connectivity index is 0. The number of phosphoric acid groups is 1. The fourth-order valence-corrected chi connectivity index (χ4v) is 2.13. The van der Waals surface area contributed by atoms with Gasteiger partial charge in [0.15, 0.2) is 0 Å². The number of aliphatic hydroxyl groups is 1. The smallest absolute Gasteiger partial charge is 0.396 e. The van der Waals surface area contributed by atoms with Crippen molar-refractivity contribution in [2.75, 3.05) is 13.2 Å². The van der Waals surface area contributed by atoms with E-state index in [2.05, 4.69) is 66.6 Å². The molecule has 0 atom stereocenters. The molecule has 0 saturated heterocycles. The van der Waals surface area contributed by atoms with E-state index in [0.717, 1.165) is 12.8 Å². The Morgan fingerprint density at radius 1 is 0.929 bits per heavy atom. The second-order valence-electron chi connectivity index (χ2n) is 5.48. The number of benzene rings is 2. The SMILES string of the molecule is C=CC.CCCCCO.CCOP(=O)(O)O.c1ccc(-c2ccccc2)cc1. The molecule has 2 rings (SSSR count). The molecule has 0 fully saturated rings. The summed E-state index contributed by atoms with van der Waals surface area (Å²) in [6, 6.07) is 20.8. The second kappa shape index (κ2) is 20.0. The number of hydrogen-bond acceptors (Lipinski definition) is 3. The van der Waals surface area contributed by atoms with Gasteiger partial charge < -0.3 is 14.9 Å². The molecule has 0 spiro atoms. The third-order valence-electron chi connectivity index (χ3n) is 2.94. The topological polar surface area (TPSA) is 87.0 Å². The lowest BCUT2D eigenvalue weighted by Crippen LogP contribution is -1.84. The number of hydrogen-bond donors (Lipinski definition) is 3. The lowest BCUT2D eigenvalue weighted by Gasteiger charge is -1.98. The number of phosphoric ester groups is 1. The largest absolute Gasteiger partial charge is 0.469 e. The fourth-order valence-electron chi connectivity index (χ4n) is 1.79. The predicted octanol–water partition coefficient (Wildman–Crippen LogP) is 5.83. The van der Waals surface area contributed by atoms with E-state index in [4.69, 9.17) is 14.9 Å². The van der Waals surface area contributed by atoms with Crippen LogP contribution in [0, 0.1) is 0 Å². The van der Waals surface area contributed by atoms with Crippen LogP contribution in [-0.2, 0) is 9.09 Å². The maximum atomic E-state index is 9.70. The van der Waals surface area contributed by atoms with Gasteiger partial charge in [0.05, 0.1) is 6.61 Å². The summed E-state index contributed by atoms with van der Waals surface area (Å²) in [4.78, 5) is 15.8. The third-order valence-corrected chi connectivity index (χ3v) is 3.53. The molecule has 0 saturated carbocycles. The first-order valence-corrected chi connectivity index (χ1v) is 10.9. The van der Waals surface area contributed by atoms with Gasteiger partial charge in [-0.05, 0) is 31.4 Å². The van der Waals surface area contributed by atoms with Crippen molar-refractivity contribution < 1.29 is 24.0 Å². The van der Waals surface area contributed by atoms with E-state index < -0.39 is 7.82 Å². The summed E-state index contributed by atoms with van der Waals surface area (Å²) in [5.41, 5.74) is 2.55. The Hall–Kier alpha value is -1.75. The van der Waals surface area contributed by atoms with E-state index in [1.807, 2.05) is 19.1 Å². The Labute approximate surface area is 170 Å². The zero-order valence-electron chi connectivity index (χ0n) is 17.2. The first kappa shape index (κ1) is 28.5. The van der Waals surface area contributed by atoms with Crippen LogP contribution >= 0.6 is 7.82 Å². The molecule has 5 nitrogen and oxygen atoms in total. The van der Waals surface area contributed by atoms with Gasteiger partial charge in [-0.25, -0.2) is 4.57 Å². The van der Waals surface area contributed by atoms with Crippen molar-refractivity contribution in [2.45, 2.75) is 40.0 Å². The number of unbranched alkanes of at least 4 members (excludes halogenated alkanes) is 2. The van der Waals surface area contributed by atoms with Crippen molar-refractivity contribution in [2.24, 2.45) is 0 Å². The minimum Gasteiger partial charge on any atom is -0.396 e. The quantitative estimate of drug-likeness (QED) is 0.317. The van der Waals surface area contributed by atoms with Gasteiger partial charge in [0, 0.05) is 6.61 Å². The Morgan fingerprint density at radius 3 is 1.50 bits per heavy atom. The summed E-state index contributed by atoms with van der Waals surface area (Å²) in [6.07, 6.45) is 5.08. The summed E-state index contributed by atoms with van der Waals surface area (Å²) in [5.74, 6) is 0. The van der Waals surface area contributed by atoms with Crippen LogP contribution in [0.15, 0.2) is 73.3 Å². The summed E-state index contributed by atoms with van der Waals surface area (Å²) < 4.78 is 13.6. The molecule has 0 unspecified atom stereocenters. The molecule has 0 amide bonds. The molecule has 2 aromatic rings. The highest BCUT2D eigenvalue weighted by Crippen LogP contribution is 2.34. The van der Waals surface area contributed by atoms with Crippen molar-refractivity contribution in [3.63, 3.8) is 0 Å². The molecule has 0 heterocycles. The van der Waals surface area contributed by atoms with Crippen LogP contribution in [0.25, 0.3) is 11.1 Å². The average Bonchev–Trinajstić information content (AvgIpc) is 2.68. The van der Waals surface area contributed by atoms with Crippen molar-refractivity contribution in [1.29, 1.82) is 0 Å². The van der Waals surface area contributed by atoms with Gasteiger partial charge >= 0.3 is 7.82 Å². The fraction of sp³-hybridized carbons (Fsp3) is 0.364. The van der Waals surface area contributed by atoms with Crippen molar-refractivity contribution >= 4 is 7.82 Å². The average molecular weight is 410 g/mol. The van der Waals surface area contributed by atoms with E-state index in [1.165, 1.54) is 24.5 Å². The Morgan fingerprint density at radius 2 is 1.32 bits per heavy atom. The highest BCUT2D eigenvalue weighted by molar-refractivity contribution is 7.46. The third kappa shape index (κ3) is 20.6. The molecular weight excluding hydrogens is 375 g/mol. The summed E-state index contributed by atoms with van der Waals surface area (Å²) in [7, 11) is -4.17. The molecule has 6 heteroatoms. The molecule has 0 aliphatic rings. The van der Waals surface area contributed by atoms with E-state index in [9.17, 15) is 4.57 Å². The summed E-state index contributed by atoms with van der Waals surface area (Å²) in [5, 5.41) is 8.20. The van der Waals surface area contributed by atoms with Crippen LogP contribution in [0.3, 0.4) is 0 Å². The number of rotatable bonds is 6.